The summed E-state index contributed by atoms with van der Waals surface area (Å²) in [6.07, 6.45) is 0. The van der Waals surface area contributed by atoms with E-state index in [0.717, 1.165) is 29.7 Å². The van der Waals surface area contributed by atoms with Crippen molar-refractivity contribution in [3.8, 4) is 0 Å². The molecule has 0 saturated carbocycles. The Morgan fingerprint density at radius 1 is 1.04 bits per heavy atom. The maximum absolute atomic E-state index is 12.3. The summed E-state index contributed by atoms with van der Waals surface area (Å²) in [5.41, 5.74) is 3.30. The number of halogens is 1. The van der Waals surface area contributed by atoms with E-state index in [-0.39, 0.29) is 11.8 Å². The van der Waals surface area contributed by atoms with Crippen LogP contribution in [0.2, 0.25) is 0 Å². The maximum atomic E-state index is 12.3. The van der Waals surface area contributed by atoms with E-state index in [2.05, 4.69) is 71.2 Å². The first-order chi connectivity index (χ1) is 12.0. The van der Waals surface area contributed by atoms with Crippen molar-refractivity contribution in [3.63, 3.8) is 0 Å². The second-order valence-electron chi connectivity index (χ2n) is 6.21. The van der Waals surface area contributed by atoms with Crippen molar-refractivity contribution in [2.45, 2.75) is 26.8 Å². The molecule has 134 valence electrons. The smallest absolute Gasteiger partial charge is 0.176 e. The van der Waals surface area contributed by atoms with Crippen molar-refractivity contribution in [2.75, 3.05) is 26.2 Å². The molecule has 2 rings (SSSR count). The minimum atomic E-state index is 0.120. The number of carbonyl (C=O) groups is 1. The van der Waals surface area contributed by atoms with Gasteiger partial charge in [-0.25, -0.2) is 0 Å². The number of ketones is 1. The first kappa shape index (κ1) is 19.8. The lowest BCUT2D eigenvalue weighted by atomic mass is 10.0. The molecule has 2 aromatic carbocycles. The number of hydrogen-bond acceptors (Lipinski definition) is 3. The van der Waals surface area contributed by atoms with E-state index in [0.29, 0.717) is 6.54 Å². The number of aryl methyl sites for hydroxylation is 1. The zero-order chi connectivity index (χ0) is 18.2. The molecule has 3 nitrogen and oxygen atoms in total. The summed E-state index contributed by atoms with van der Waals surface area (Å²) in [5.74, 6) is 0.120. The maximum Gasteiger partial charge on any atom is 0.176 e. The Hall–Kier alpha value is -1.49. The molecule has 1 N–H and O–H groups in total. The molecule has 0 heterocycles. The number of nitrogens with one attached hydrogen (secondary N) is 1. The third kappa shape index (κ3) is 5.77. The highest BCUT2D eigenvalue weighted by Crippen LogP contribution is 2.20. The highest BCUT2D eigenvalue weighted by atomic mass is 79.9. The number of likely N-dealkylation sites (N-methyl/N-ethyl adjacent to an activating group) is 1. The zero-order valence-electron chi connectivity index (χ0n) is 15.3. The van der Waals surface area contributed by atoms with E-state index in [1.807, 2.05) is 24.3 Å². The molecular formula is C21H27BrN2O. The topological polar surface area (TPSA) is 32.3 Å². The van der Waals surface area contributed by atoms with E-state index >= 15 is 0 Å². The fourth-order valence-electron chi connectivity index (χ4n) is 2.97. The number of Topliss-reactive ketones (excluding diaryl/α,β-unsaturated/α-hetero) is 1. The average molecular weight is 403 g/mol. The highest BCUT2D eigenvalue weighted by Gasteiger charge is 2.18. The molecule has 0 aliphatic rings. The van der Waals surface area contributed by atoms with Crippen molar-refractivity contribution in [2.24, 2.45) is 0 Å². The molecule has 0 aliphatic heterocycles. The Kier molecular flexibility index (Phi) is 7.82. The summed E-state index contributed by atoms with van der Waals surface area (Å²) in [4.78, 5) is 14.8. The first-order valence-corrected chi connectivity index (χ1v) is 9.64. The SMILES string of the molecule is CCN(CC)C(CNCC(=O)c1ccc(Br)cc1)c1ccc(C)cc1. The van der Waals surface area contributed by atoms with Gasteiger partial charge in [0.05, 0.1) is 6.54 Å². The van der Waals surface area contributed by atoms with Crippen LogP contribution in [0.3, 0.4) is 0 Å². The molecule has 0 radical (unpaired) electrons. The largest absolute Gasteiger partial charge is 0.308 e. The lowest BCUT2D eigenvalue weighted by molar-refractivity contribution is 0.0987. The van der Waals surface area contributed by atoms with Crippen LogP contribution in [0.4, 0.5) is 0 Å². The van der Waals surface area contributed by atoms with Gasteiger partial charge in [-0.2, -0.15) is 0 Å². The number of carbonyl (C=O) groups excluding carboxylic acids is 1. The van der Waals surface area contributed by atoms with Crippen molar-refractivity contribution in [1.82, 2.24) is 10.2 Å². The lowest BCUT2D eigenvalue weighted by Crippen LogP contribution is -2.37. The Labute approximate surface area is 159 Å². The van der Waals surface area contributed by atoms with Gasteiger partial charge in [0, 0.05) is 22.6 Å². The average Bonchev–Trinajstić information content (AvgIpc) is 2.62. The fraction of sp³-hybridized carbons (Fsp3) is 0.381. The van der Waals surface area contributed by atoms with Crippen molar-refractivity contribution >= 4 is 21.7 Å². The normalized spacial score (nSPS) is 12.4. The Morgan fingerprint density at radius 3 is 2.20 bits per heavy atom. The Bertz CT molecular complexity index is 663. The monoisotopic (exact) mass is 402 g/mol. The van der Waals surface area contributed by atoms with Gasteiger partial charge >= 0.3 is 0 Å². The molecular weight excluding hydrogens is 376 g/mol. The van der Waals surface area contributed by atoms with Crippen LogP contribution >= 0.6 is 15.9 Å². The van der Waals surface area contributed by atoms with E-state index in [9.17, 15) is 4.79 Å². The third-order valence-electron chi connectivity index (χ3n) is 4.50. The van der Waals surface area contributed by atoms with Crippen molar-refractivity contribution in [3.05, 3.63) is 69.7 Å². The molecule has 0 saturated heterocycles. The molecule has 1 atom stereocenters. The van der Waals surface area contributed by atoms with Crippen LogP contribution in [0.5, 0.6) is 0 Å². The lowest BCUT2D eigenvalue weighted by Gasteiger charge is -2.30. The fourth-order valence-corrected chi connectivity index (χ4v) is 3.24. The molecule has 0 aliphatic carbocycles. The van der Waals surface area contributed by atoms with Gasteiger partial charge in [-0.05, 0) is 37.7 Å². The molecule has 0 amide bonds. The predicted molar refractivity (Wildman–Crippen MR) is 108 cm³/mol. The van der Waals surface area contributed by atoms with Crippen LogP contribution in [0.15, 0.2) is 53.0 Å². The second kappa shape index (κ2) is 9.85. The van der Waals surface area contributed by atoms with Crippen molar-refractivity contribution < 1.29 is 4.79 Å². The van der Waals surface area contributed by atoms with Gasteiger partial charge in [-0.15, -0.1) is 0 Å². The van der Waals surface area contributed by atoms with E-state index in [1.165, 1.54) is 11.1 Å². The molecule has 0 fully saturated rings. The summed E-state index contributed by atoms with van der Waals surface area (Å²) in [5, 5.41) is 3.36. The number of nitrogens with zero attached hydrogens (tertiary/aromatic N) is 1. The van der Waals surface area contributed by atoms with Gasteiger partial charge in [0.15, 0.2) is 5.78 Å². The molecule has 4 heteroatoms. The Morgan fingerprint density at radius 2 is 1.64 bits per heavy atom. The van der Waals surface area contributed by atoms with Crippen LogP contribution in [-0.4, -0.2) is 36.9 Å². The summed E-state index contributed by atoms with van der Waals surface area (Å²) < 4.78 is 0.984. The molecule has 25 heavy (non-hydrogen) atoms. The van der Waals surface area contributed by atoms with Crippen LogP contribution in [-0.2, 0) is 0 Å². The van der Waals surface area contributed by atoms with Crippen molar-refractivity contribution in [1.29, 1.82) is 0 Å². The third-order valence-corrected chi connectivity index (χ3v) is 5.03. The van der Waals surface area contributed by atoms with Gasteiger partial charge in [0.2, 0.25) is 0 Å². The second-order valence-corrected chi connectivity index (χ2v) is 7.12. The van der Waals surface area contributed by atoms with Gasteiger partial charge < -0.3 is 5.32 Å². The van der Waals surface area contributed by atoms with Crippen LogP contribution < -0.4 is 5.32 Å². The summed E-state index contributed by atoms with van der Waals surface area (Å²) in [6, 6.07) is 16.5. The van der Waals surface area contributed by atoms with Gasteiger partial charge in [-0.1, -0.05) is 71.7 Å². The summed E-state index contributed by atoms with van der Waals surface area (Å²) in [7, 11) is 0. The Balaban J connectivity index is 2.00. The quantitative estimate of drug-likeness (QED) is 0.621. The molecule has 1 unspecified atom stereocenters. The molecule has 0 spiro atoms. The van der Waals surface area contributed by atoms with Gasteiger partial charge in [0.25, 0.3) is 0 Å². The minimum absolute atomic E-state index is 0.120. The minimum Gasteiger partial charge on any atom is -0.308 e. The van der Waals surface area contributed by atoms with Gasteiger partial charge in [0.1, 0.15) is 0 Å². The standard InChI is InChI=1S/C21H27BrN2O/c1-4-24(5-2)20(17-8-6-16(3)7-9-17)14-23-15-21(25)18-10-12-19(22)13-11-18/h6-13,20,23H,4-5,14-15H2,1-3H3. The van der Waals surface area contributed by atoms with Crippen LogP contribution in [0.25, 0.3) is 0 Å². The number of hydrogen-bond donors (Lipinski definition) is 1. The van der Waals surface area contributed by atoms with Crippen LogP contribution in [0.1, 0.15) is 41.4 Å². The molecule has 0 bridgehead atoms. The van der Waals surface area contributed by atoms with E-state index in [1.54, 1.807) is 0 Å². The molecule has 0 aromatic heterocycles. The molecule has 2 aromatic rings. The number of benzene rings is 2. The predicted octanol–water partition coefficient (Wildman–Crippen LogP) is 4.61. The first-order valence-electron chi connectivity index (χ1n) is 8.85. The number of rotatable bonds is 9. The van der Waals surface area contributed by atoms with E-state index in [4.69, 9.17) is 0 Å². The summed E-state index contributed by atoms with van der Waals surface area (Å²) in [6.45, 7) is 9.54. The van der Waals surface area contributed by atoms with Gasteiger partial charge in [-0.3, -0.25) is 9.69 Å². The van der Waals surface area contributed by atoms with E-state index < -0.39 is 0 Å². The van der Waals surface area contributed by atoms with Crippen LogP contribution in [0, 0.1) is 6.92 Å². The zero-order valence-corrected chi connectivity index (χ0v) is 16.8. The highest BCUT2D eigenvalue weighted by molar-refractivity contribution is 9.10. The summed E-state index contributed by atoms with van der Waals surface area (Å²) >= 11 is 3.40.